The van der Waals surface area contributed by atoms with E-state index in [-0.39, 0.29) is 11.1 Å². The number of ether oxygens (including phenoxy) is 2. The molecule has 2 amide bonds. The number of imide groups is 1. The highest BCUT2D eigenvalue weighted by Gasteiger charge is 2.25. The molecule has 0 spiro atoms. The number of carbonyl (C=O) groups excluding carboxylic acids is 3. The Labute approximate surface area is 561 Å². The molecular formula is C85H87NO7S. The maximum Gasteiger partial charge on any atom is 0.290 e. The zero-order valence-electron chi connectivity index (χ0n) is 56.2. The molecule has 0 aliphatic carbocycles. The van der Waals surface area contributed by atoms with Crippen LogP contribution in [0.1, 0.15) is 150 Å². The van der Waals surface area contributed by atoms with E-state index >= 15 is 0 Å². The first-order valence-corrected chi connectivity index (χ1v) is 32.8. The molecule has 0 aromatic heterocycles. The molecular weight excluding hydrogens is 1180 g/mol. The van der Waals surface area contributed by atoms with Gasteiger partial charge in [0.2, 0.25) is 0 Å². The number of thioether (sulfide) groups is 1. The highest BCUT2D eigenvalue weighted by atomic mass is 32.2. The van der Waals surface area contributed by atoms with Gasteiger partial charge in [-0.15, -0.1) is 0 Å². The Balaban J connectivity index is 0.000000166. The zero-order chi connectivity index (χ0) is 67.4. The molecule has 1 aliphatic rings. The van der Waals surface area contributed by atoms with Gasteiger partial charge in [0, 0.05) is 5.56 Å². The Bertz CT molecular complexity index is 4160. The lowest BCUT2D eigenvalue weighted by Crippen LogP contribution is -2.17. The van der Waals surface area contributed by atoms with Crippen molar-refractivity contribution in [3.8, 4) is 34.5 Å². The van der Waals surface area contributed by atoms with Gasteiger partial charge in [-0.05, 0) is 258 Å². The van der Waals surface area contributed by atoms with Crippen molar-refractivity contribution in [2.45, 2.75) is 120 Å². The summed E-state index contributed by atoms with van der Waals surface area (Å²) in [7, 11) is 0. The second-order valence-electron chi connectivity index (χ2n) is 25.1. The Morgan fingerprint density at radius 3 is 1.05 bits per heavy atom. The van der Waals surface area contributed by atoms with Crippen LogP contribution in [-0.2, 0) is 24.1 Å². The van der Waals surface area contributed by atoms with Gasteiger partial charge in [-0.2, -0.15) is 0 Å². The van der Waals surface area contributed by atoms with Crippen LogP contribution in [0.4, 0.5) is 4.79 Å². The lowest BCUT2D eigenvalue weighted by Gasteiger charge is -2.14. The highest BCUT2D eigenvalue weighted by Crippen LogP contribution is 2.32. The number of nitrogens with one attached hydrogen (secondary N) is 1. The number of phenols is 2. The molecule has 3 unspecified atom stereocenters. The molecule has 9 heteroatoms. The topological polar surface area (TPSA) is 122 Å². The van der Waals surface area contributed by atoms with Gasteiger partial charge in [-0.25, -0.2) is 0 Å². The Morgan fingerprint density at radius 1 is 0.415 bits per heavy atom. The summed E-state index contributed by atoms with van der Waals surface area (Å²) in [6.45, 7) is 25.9. The van der Waals surface area contributed by atoms with Crippen molar-refractivity contribution in [3.05, 3.63) is 323 Å². The molecule has 0 saturated carbocycles. The van der Waals surface area contributed by atoms with Gasteiger partial charge >= 0.3 is 0 Å². The number of carbonyl (C=O) groups is 3. The third-order valence-electron chi connectivity index (χ3n) is 16.1. The fraction of sp³-hybridized carbons (Fsp3) is 0.212. The maximum atomic E-state index is 11.7. The minimum absolute atomic E-state index is 0.304. The van der Waals surface area contributed by atoms with Crippen molar-refractivity contribution in [2.75, 3.05) is 0 Å². The smallest absolute Gasteiger partial charge is 0.290 e. The van der Waals surface area contributed by atoms with Gasteiger partial charge < -0.3 is 19.7 Å². The van der Waals surface area contributed by atoms with E-state index in [1.54, 1.807) is 54.6 Å². The lowest BCUT2D eigenvalue weighted by atomic mass is 9.92. The van der Waals surface area contributed by atoms with Crippen LogP contribution in [0.5, 0.6) is 34.5 Å². The fourth-order valence-electron chi connectivity index (χ4n) is 11.7. The molecule has 3 atom stereocenters. The SMILES string of the molecule is C/C(=C/c1cc(C)cc(C)c1)c1ccc(O)cc1.Cc1cc(C)cc(CC(C)c2ccc(O)cc2)c1.Cc1cc(C)cc(CC(C)c2ccc(Oc3ccc(/C=C4\SC(=O)NC4=O)cc3)cc2)c1.Cc1cc(C)cc(CC(C)c2ccc(Oc3ccc(C=O)cc3)cc2)c1. The quantitative estimate of drug-likeness (QED) is 0.0468. The van der Waals surface area contributed by atoms with E-state index in [9.17, 15) is 24.6 Å². The molecule has 1 fully saturated rings. The van der Waals surface area contributed by atoms with Crippen LogP contribution >= 0.6 is 11.8 Å². The van der Waals surface area contributed by atoms with Crippen molar-refractivity contribution in [1.29, 1.82) is 0 Å². The number of amides is 2. The number of aromatic hydroxyl groups is 2. The first-order chi connectivity index (χ1) is 45.0. The molecule has 0 radical (unpaired) electrons. The Morgan fingerprint density at radius 2 is 0.723 bits per heavy atom. The van der Waals surface area contributed by atoms with Crippen LogP contribution in [0.3, 0.4) is 0 Å². The molecule has 8 nitrogen and oxygen atoms in total. The summed E-state index contributed by atoms with van der Waals surface area (Å²) < 4.78 is 11.8. The Kier molecular flexibility index (Phi) is 25.0. The molecule has 1 aliphatic heterocycles. The number of hydrogen-bond acceptors (Lipinski definition) is 8. The first kappa shape index (κ1) is 69.9. The molecule has 10 aromatic carbocycles. The van der Waals surface area contributed by atoms with Gasteiger partial charge in [0.15, 0.2) is 0 Å². The molecule has 3 N–H and O–H groups in total. The van der Waals surface area contributed by atoms with E-state index in [0.717, 1.165) is 65.7 Å². The molecule has 10 aromatic rings. The second kappa shape index (κ2) is 33.6. The number of benzene rings is 10. The van der Waals surface area contributed by atoms with E-state index in [2.05, 4.69) is 192 Å². The zero-order valence-corrected chi connectivity index (χ0v) is 57.0. The summed E-state index contributed by atoms with van der Waals surface area (Å²) in [4.78, 5) is 34.0. The number of aldehydes is 1. The van der Waals surface area contributed by atoms with Crippen molar-refractivity contribution in [3.63, 3.8) is 0 Å². The van der Waals surface area contributed by atoms with Gasteiger partial charge in [0.1, 0.15) is 40.8 Å². The largest absolute Gasteiger partial charge is 0.508 e. The van der Waals surface area contributed by atoms with E-state index in [0.29, 0.717) is 45.5 Å². The van der Waals surface area contributed by atoms with Crippen LogP contribution in [0.25, 0.3) is 17.7 Å². The molecule has 1 saturated heterocycles. The third-order valence-corrected chi connectivity index (χ3v) is 16.9. The van der Waals surface area contributed by atoms with Gasteiger partial charge in [-0.1, -0.05) is 205 Å². The maximum absolute atomic E-state index is 11.7. The van der Waals surface area contributed by atoms with Crippen LogP contribution < -0.4 is 14.8 Å². The second-order valence-corrected chi connectivity index (χ2v) is 26.2. The molecule has 480 valence electrons. The number of hydrogen-bond donors (Lipinski definition) is 3. The van der Waals surface area contributed by atoms with E-state index in [4.69, 9.17) is 9.47 Å². The highest BCUT2D eigenvalue weighted by molar-refractivity contribution is 8.18. The average molecular weight is 1270 g/mol. The normalized spacial score (nSPS) is 13.2. The standard InChI is InChI=1S/C27H25NO3S.C24H24O2.C17H20O.C17H18O/c1-17-12-18(2)14-21(13-17)15-19(3)22-6-10-24(11-7-22)31-23-8-4-20(5-9-23)16-25-26(29)28-27(30)32-25;1-17-12-18(2)14-21(13-17)15-19(3)22-6-10-24(11-7-22)26-23-8-4-20(16-25)5-9-23;2*1-12-8-13(2)10-15(9-12)11-14(3)16-4-6-17(18)7-5-16/h4-14,16,19H,15H2,1-3H3,(H,28,29,30);4-14,16,19H,15H2,1-3H3;4-10,14,18H,11H2,1-3H3;4-11,18H,1-3H3/b25-16-;;;14-11-. The summed E-state index contributed by atoms with van der Waals surface area (Å²) in [6.07, 6.45) is 7.76. The molecule has 1 heterocycles. The summed E-state index contributed by atoms with van der Waals surface area (Å²) >= 11 is 0.911. The molecule has 11 rings (SSSR count). The fourth-order valence-corrected chi connectivity index (χ4v) is 12.4. The van der Waals surface area contributed by atoms with Crippen LogP contribution in [0.15, 0.2) is 223 Å². The van der Waals surface area contributed by atoms with Gasteiger partial charge in [-0.3, -0.25) is 19.7 Å². The minimum Gasteiger partial charge on any atom is -0.508 e. The summed E-state index contributed by atoms with van der Waals surface area (Å²) in [6, 6.07) is 72.6. The van der Waals surface area contributed by atoms with E-state index < -0.39 is 0 Å². The third kappa shape index (κ3) is 22.1. The number of rotatable bonds is 17. The van der Waals surface area contributed by atoms with Crippen LogP contribution in [-0.4, -0.2) is 27.6 Å². The van der Waals surface area contributed by atoms with Gasteiger partial charge in [0.25, 0.3) is 11.1 Å². The molecule has 94 heavy (non-hydrogen) atoms. The van der Waals surface area contributed by atoms with Crippen molar-refractivity contribution < 1.29 is 34.1 Å². The van der Waals surface area contributed by atoms with E-state index in [1.807, 2.05) is 72.8 Å². The lowest BCUT2D eigenvalue weighted by molar-refractivity contribution is -0.115. The predicted octanol–water partition coefficient (Wildman–Crippen LogP) is 21.9. The van der Waals surface area contributed by atoms with Crippen molar-refractivity contribution in [2.24, 2.45) is 0 Å². The summed E-state index contributed by atoms with van der Waals surface area (Å²) in [5, 5.41) is 20.5. The monoisotopic (exact) mass is 1270 g/mol. The van der Waals surface area contributed by atoms with Gasteiger partial charge in [0.05, 0.1) is 4.91 Å². The van der Waals surface area contributed by atoms with Crippen LogP contribution in [0.2, 0.25) is 0 Å². The van der Waals surface area contributed by atoms with Crippen molar-refractivity contribution in [1.82, 2.24) is 5.32 Å². The van der Waals surface area contributed by atoms with E-state index in [1.165, 1.54) is 89.0 Å². The summed E-state index contributed by atoms with van der Waals surface area (Å²) in [5.41, 5.74) is 23.4. The first-order valence-electron chi connectivity index (χ1n) is 32.0. The predicted molar refractivity (Wildman–Crippen MR) is 390 cm³/mol. The number of aryl methyl sites for hydroxylation is 8. The average Bonchev–Trinajstić information content (AvgIpc) is 1.40. The minimum atomic E-state index is -0.354. The number of phenolic OH excluding ortho intramolecular Hbond substituents is 2. The number of allylic oxidation sites excluding steroid dienone is 1. The van der Waals surface area contributed by atoms with Crippen LogP contribution in [0, 0.1) is 55.4 Å². The Hall–Kier alpha value is -9.96. The van der Waals surface area contributed by atoms with Crippen molar-refractivity contribution >= 4 is 46.9 Å². The summed E-state index contributed by atoms with van der Waals surface area (Å²) in [5.74, 6) is 4.61. The molecule has 0 bridgehead atoms.